The molecule has 0 saturated carbocycles. The fraction of sp³-hybridized carbons (Fsp3) is 0.500. The minimum absolute atomic E-state index is 0.721. The molecular weight excluding hydrogens is 174 g/mol. The molecule has 0 aliphatic rings. The van der Waals surface area contributed by atoms with Crippen molar-refractivity contribution in [1.29, 1.82) is 0 Å². The number of hydroxylamine groups is 1. The first-order valence-corrected chi connectivity index (χ1v) is 5.34. The number of hydrogen-bond acceptors (Lipinski definition) is 2. The molecule has 14 heavy (non-hydrogen) atoms. The lowest BCUT2D eigenvalue weighted by Crippen LogP contribution is -2.24. The van der Waals surface area contributed by atoms with Gasteiger partial charge in [0.05, 0.1) is 12.3 Å². The molecule has 2 heteroatoms. The van der Waals surface area contributed by atoms with Crippen molar-refractivity contribution < 1.29 is 4.84 Å². The molecular formula is C12H19NO. The second-order valence-electron chi connectivity index (χ2n) is 3.21. The SMILES string of the molecule is CCCCN(OCC)c1ccccc1. The normalized spacial score (nSPS) is 10.1. The molecule has 1 rings (SSSR count). The second-order valence-corrected chi connectivity index (χ2v) is 3.21. The highest BCUT2D eigenvalue weighted by molar-refractivity contribution is 5.43. The third kappa shape index (κ3) is 3.38. The lowest BCUT2D eigenvalue weighted by atomic mass is 10.3. The van der Waals surface area contributed by atoms with Gasteiger partial charge in [0.1, 0.15) is 0 Å². The Morgan fingerprint density at radius 2 is 1.86 bits per heavy atom. The molecule has 0 bridgehead atoms. The maximum atomic E-state index is 5.56. The van der Waals surface area contributed by atoms with Gasteiger partial charge in [-0.3, -0.25) is 9.90 Å². The van der Waals surface area contributed by atoms with E-state index in [1.54, 1.807) is 0 Å². The fourth-order valence-corrected chi connectivity index (χ4v) is 1.32. The summed E-state index contributed by atoms with van der Waals surface area (Å²) in [6.45, 7) is 5.89. The molecule has 0 heterocycles. The van der Waals surface area contributed by atoms with Crippen LogP contribution in [0.1, 0.15) is 26.7 Å². The first-order chi connectivity index (χ1) is 6.88. The molecule has 0 aromatic heterocycles. The van der Waals surface area contributed by atoms with Gasteiger partial charge in [-0.2, -0.15) is 0 Å². The van der Waals surface area contributed by atoms with E-state index in [9.17, 15) is 0 Å². The van der Waals surface area contributed by atoms with E-state index >= 15 is 0 Å². The van der Waals surface area contributed by atoms with Gasteiger partial charge in [-0.15, -0.1) is 0 Å². The molecule has 0 unspecified atom stereocenters. The van der Waals surface area contributed by atoms with Gasteiger partial charge in [-0.1, -0.05) is 31.5 Å². The first kappa shape index (κ1) is 11.1. The maximum absolute atomic E-state index is 5.56. The largest absolute Gasteiger partial charge is 0.274 e. The van der Waals surface area contributed by atoms with E-state index in [1.165, 1.54) is 6.42 Å². The molecule has 0 spiro atoms. The van der Waals surface area contributed by atoms with E-state index < -0.39 is 0 Å². The minimum atomic E-state index is 0.721. The van der Waals surface area contributed by atoms with Crippen molar-refractivity contribution in [3.63, 3.8) is 0 Å². The van der Waals surface area contributed by atoms with Crippen LogP contribution in [0.2, 0.25) is 0 Å². The summed E-state index contributed by atoms with van der Waals surface area (Å²) in [6, 6.07) is 10.2. The van der Waals surface area contributed by atoms with Gasteiger partial charge >= 0.3 is 0 Å². The fourth-order valence-electron chi connectivity index (χ4n) is 1.32. The zero-order chi connectivity index (χ0) is 10.2. The molecule has 0 N–H and O–H groups in total. The van der Waals surface area contributed by atoms with Gasteiger partial charge in [0.25, 0.3) is 0 Å². The molecule has 0 aliphatic heterocycles. The van der Waals surface area contributed by atoms with Crippen molar-refractivity contribution >= 4 is 5.69 Å². The summed E-state index contributed by atoms with van der Waals surface area (Å²) in [5.74, 6) is 0. The molecule has 0 amide bonds. The van der Waals surface area contributed by atoms with Crippen LogP contribution < -0.4 is 5.06 Å². The summed E-state index contributed by atoms with van der Waals surface area (Å²) < 4.78 is 0. The summed E-state index contributed by atoms with van der Waals surface area (Å²) in [7, 11) is 0. The van der Waals surface area contributed by atoms with Gasteiger partial charge in [-0.25, -0.2) is 0 Å². The number of hydrogen-bond donors (Lipinski definition) is 0. The average Bonchev–Trinajstić information content (AvgIpc) is 2.25. The third-order valence-corrected chi connectivity index (χ3v) is 2.04. The smallest absolute Gasteiger partial charge is 0.0720 e. The van der Waals surface area contributed by atoms with E-state index in [0.717, 1.165) is 25.3 Å². The Balaban J connectivity index is 2.58. The van der Waals surface area contributed by atoms with Crippen molar-refractivity contribution in [1.82, 2.24) is 0 Å². The van der Waals surface area contributed by atoms with Crippen molar-refractivity contribution in [2.75, 3.05) is 18.2 Å². The Morgan fingerprint density at radius 3 is 2.43 bits per heavy atom. The number of rotatable bonds is 6. The molecule has 0 saturated heterocycles. The van der Waals surface area contributed by atoms with Crippen molar-refractivity contribution in [3.8, 4) is 0 Å². The number of anilines is 1. The van der Waals surface area contributed by atoms with Crippen LogP contribution in [0.4, 0.5) is 5.69 Å². The van der Waals surface area contributed by atoms with E-state index in [4.69, 9.17) is 4.84 Å². The second kappa shape index (κ2) is 6.44. The lowest BCUT2D eigenvalue weighted by molar-refractivity contribution is 0.119. The highest BCUT2D eigenvalue weighted by atomic mass is 16.7. The standard InChI is InChI=1S/C12H19NO/c1-3-5-11-13(14-4-2)12-9-7-6-8-10-12/h6-10H,3-5,11H2,1-2H3. The third-order valence-electron chi connectivity index (χ3n) is 2.04. The van der Waals surface area contributed by atoms with Crippen LogP contribution in [0.15, 0.2) is 30.3 Å². The van der Waals surface area contributed by atoms with Crippen molar-refractivity contribution in [2.45, 2.75) is 26.7 Å². The summed E-state index contributed by atoms with van der Waals surface area (Å²) in [5, 5.41) is 1.98. The van der Waals surface area contributed by atoms with Crippen molar-refractivity contribution in [3.05, 3.63) is 30.3 Å². The van der Waals surface area contributed by atoms with E-state index in [0.29, 0.717) is 0 Å². The predicted molar refractivity (Wildman–Crippen MR) is 60.3 cm³/mol. The number of unbranched alkanes of at least 4 members (excludes halogenated alkanes) is 1. The minimum Gasteiger partial charge on any atom is -0.274 e. The number of benzene rings is 1. The van der Waals surface area contributed by atoms with Crippen LogP contribution in [-0.4, -0.2) is 13.2 Å². The van der Waals surface area contributed by atoms with Crippen LogP contribution in [0.5, 0.6) is 0 Å². The van der Waals surface area contributed by atoms with Gasteiger partial charge in [0.15, 0.2) is 0 Å². The van der Waals surface area contributed by atoms with Crippen LogP contribution in [0.25, 0.3) is 0 Å². The number of nitrogens with zero attached hydrogens (tertiary/aromatic N) is 1. The molecule has 1 aromatic carbocycles. The molecule has 0 aliphatic carbocycles. The Morgan fingerprint density at radius 1 is 1.14 bits per heavy atom. The number of para-hydroxylation sites is 1. The zero-order valence-electron chi connectivity index (χ0n) is 9.07. The molecule has 1 aromatic rings. The Kier molecular flexibility index (Phi) is 5.08. The monoisotopic (exact) mass is 193 g/mol. The van der Waals surface area contributed by atoms with Gasteiger partial charge in [0.2, 0.25) is 0 Å². The lowest BCUT2D eigenvalue weighted by Gasteiger charge is -2.22. The highest BCUT2D eigenvalue weighted by Gasteiger charge is 2.03. The van der Waals surface area contributed by atoms with Crippen LogP contribution in [0.3, 0.4) is 0 Å². The zero-order valence-corrected chi connectivity index (χ0v) is 9.07. The molecule has 2 nitrogen and oxygen atoms in total. The van der Waals surface area contributed by atoms with E-state index in [1.807, 2.05) is 30.2 Å². The van der Waals surface area contributed by atoms with Crippen LogP contribution in [0, 0.1) is 0 Å². The molecule has 78 valence electrons. The van der Waals surface area contributed by atoms with E-state index in [-0.39, 0.29) is 0 Å². The first-order valence-electron chi connectivity index (χ1n) is 5.34. The summed E-state index contributed by atoms with van der Waals surface area (Å²) >= 11 is 0. The Bertz CT molecular complexity index is 235. The van der Waals surface area contributed by atoms with Gasteiger partial charge in [-0.05, 0) is 25.5 Å². The summed E-state index contributed by atoms with van der Waals surface area (Å²) in [6.07, 6.45) is 2.35. The maximum Gasteiger partial charge on any atom is 0.0720 e. The van der Waals surface area contributed by atoms with Crippen LogP contribution >= 0.6 is 0 Å². The van der Waals surface area contributed by atoms with Gasteiger partial charge < -0.3 is 0 Å². The van der Waals surface area contributed by atoms with Crippen molar-refractivity contribution in [2.24, 2.45) is 0 Å². The predicted octanol–water partition coefficient (Wildman–Crippen LogP) is 3.24. The van der Waals surface area contributed by atoms with Gasteiger partial charge in [0, 0.05) is 6.54 Å². The average molecular weight is 193 g/mol. The highest BCUT2D eigenvalue weighted by Crippen LogP contribution is 2.14. The Labute approximate surface area is 86.4 Å². The summed E-state index contributed by atoms with van der Waals surface area (Å²) in [4.78, 5) is 5.56. The van der Waals surface area contributed by atoms with E-state index in [2.05, 4.69) is 19.1 Å². The quantitative estimate of drug-likeness (QED) is 0.643. The Hall–Kier alpha value is -1.02. The molecule has 0 atom stereocenters. The topological polar surface area (TPSA) is 12.5 Å². The summed E-state index contributed by atoms with van der Waals surface area (Å²) in [5.41, 5.74) is 1.14. The van der Waals surface area contributed by atoms with Crippen LogP contribution in [-0.2, 0) is 4.84 Å². The molecule has 0 radical (unpaired) electrons. The molecule has 0 fully saturated rings.